The van der Waals surface area contributed by atoms with Crippen LogP contribution in [0.5, 0.6) is 0 Å². The topological polar surface area (TPSA) is 69.1 Å². The van der Waals surface area contributed by atoms with Crippen LogP contribution in [0.4, 0.5) is 0 Å². The molecule has 0 aliphatic rings. The fraction of sp³-hybridized carbons (Fsp3) is 0.364. The standard InChI is InChI=1S/C11H16N2OS/c1-8-4-2-3-5-10(8)15-7-6-9(12)11(13)14/h2-5,9H,6-7,12H2,1H3,(H2,13,14). The van der Waals surface area contributed by atoms with Crippen molar-refractivity contribution in [2.24, 2.45) is 11.5 Å². The molecule has 1 atom stereocenters. The number of carbonyl (C=O) groups excluding carboxylic acids is 1. The van der Waals surface area contributed by atoms with E-state index >= 15 is 0 Å². The maximum absolute atomic E-state index is 10.7. The number of primary amides is 1. The minimum atomic E-state index is -0.526. The summed E-state index contributed by atoms with van der Waals surface area (Å²) in [6.45, 7) is 2.07. The Morgan fingerprint density at radius 2 is 2.13 bits per heavy atom. The van der Waals surface area contributed by atoms with Gasteiger partial charge in [-0.3, -0.25) is 4.79 Å². The van der Waals surface area contributed by atoms with Crippen molar-refractivity contribution in [3.05, 3.63) is 29.8 Å². The molecule has 82 valence electrons. The van der Waals surface area contributed by atoms with Crippen molar-refractivity contribution in [2.45, 2.75) is 24.3 Å². The third kappa shape index (κ3) is 3.93. The van der Waals surface area contributed by atoms with Gasteiger partial charge in [0, 0.05) is 4.90 Å². The molecule has 0 aliphatic carbocycles. The fourth-order valence-electron chi connectivity index (χ4n) is 1.16. The molecule has 0 radical (unpaired) electrons. The molecule has 15 heavy (non-hydrogen) atoms. The average Bonchev–Trinajstić information content (AvgIpc) is 2.20. The molecule has 0 saturated carbocycles. The highest BCUT2D eigenvalue weighted by Gasteiger charge is 2.08. The zero-order chi connectivity index (χ0) is 11.3. The Balaban J connectivity index is 2.38. The van der Waals surface area contributed by atoms with Crippen LogP contribution in [-0.2, 0) is 4.79 Å². The van der Waals surface area contributed by atoms with Gasteiger partial charge in [0.2, 0.25) is 5.91 Å². The molecule has 1 amide bonds. The van der Waals surface area contributed by atoms with E-state index in [0.29, 0.717) is 6.42 Å². The van der Waals surface area contributed by atoms with Gasteiger partial charge >= 0.3 is 0 Å². The number of hydrogen-bond donors (Lipinski definition) is 2. The van der Waals surface area contributed by atoms with Crippen molar-refractivity contribution in [2.75, 3.05) is 5.75 Å². The molecule has 0 fully saturated rings. The lowest BCUT2D eigenvalue weighted by molar-refractivity contribution is -0.119. The molecule has 4 N–H and O–H groups in total. The zero-order valence-corrected chi connectivity index (χ0v) is 9.59. The Kier molecular flexibility index (Phi) is 4.65. The van der Waals surface area contributed by atoms with Crippen LogP contribution in [0.2, 0.25) is 0 Å². The minimum absolute atomic E-state index is 0.430. The molecule has 3 nitrogen and oxygen atoms in total. The van der Waals surface area contributed by atoms with Gasteiger partial charge < -0.3 is 11.5 Å². The van der Waals surface area contributed by atoms with Gasteiger partial charge in [-0.15, -0.1) is 11.8 Å². The number of thioether (sulfide) groups is 1. The van der Waals surface area contributed by atoms with Gasteiger partial charge in [0.05, 0.1) is 6.04 Å². The van der Waals surface area contributed by atoms with E-state index in [9.17, 15) is 4.79 Å². The largest absolute Gasteiger partial charge is 0.368 e. The zero-order valence-electron chi connectivity index (χ0n) is 8.77. The van der Waals surface area contributed by atoms with E-state index in [1.54, 1.807) is 11.8 Å². The second kappa shape index (κ2) is 5.78. The summed E-state index contributed by atoms with van der Waals surface area (Å²) in [5, 5.41) is 0. The first-order valence-corrected chi connectivity index (χ1v) is 5.83. The molecule has 1 aromatic rings. The van der Waals surface area contributed by atoms with E-state index in [-0.39, 0.29) is 0 Å². The Morgan fingerprint density at radius 1 is 1.47 bits per heavy atom. The smallest absolute Gasteiger partial charge is 0.234 e. The van der Waals surface area contributed by atoms with Gasteiger partial charge in [-0.25, -0.2) is 0 Å². The van der Waals surface area contributed by atoms with Crippen molar-refractivity contribution in [1.29, 1.82) is 0 Å². The molecule has 0 aliphatic heterocycles. The Labute approximate surface area is 94.2 Å². The molecule has 0 aromatic heterocycles. The second-order valence-corrected chi connectivity index (χ2v) is 4.55. The lowest BCUT2D eigenvalue weighted by Crippen LogP contribution is -2.36. The van der Waals surface area contributed by atoms with Crippen molar-refractivity contribution < 1.29 is 4.79 Å². The van der Waals surface area contributed by atoms with Crippen LogP contribution in [0.3, 0.4) is 0 Å². The lowest BCUT2D eigenvalue weighted by Gasteiger charge is -2.08. The summed E-state index contributed by atoms with van der Waals surface area (Å²) >= 11 is 1.70. The van der Waals surface area contributed by atoms with Gasteiger partial charge in [-0.1, -0.05) is 18.2 Å². The highest BCUT2D eigenvalue weighted by atomic mass is 32.2. The van der Waals surface area contributed by atoms with Crippen LogP contribution in [0.25, 0.3) is 0 Å². The summed E-state index contributed by atoms with van der Waals surface area (Å²) in [4.78, 5) is 11.9. The van der Waals surface area contributed by atoms with Gasteiger partial charge in [-0.05, 0) is 30.7 Å². The molecule has 0 saturated heterocycles. The molecule has 4 heteroatoms. The van der Waals surface area contributed by atoms with Crippen molar-refractivity contribution >= 4 is 17.7 Å². The number of benzene rings is 1. The van der Waals surface area contributed by atoms with E-state index in [1.807, 2.05) is 12.1 Å². The first-order valence-electron chi connectivity index (χ1n) is 4.84. The average molecular weight is 224 g/mol. The van der Waals surface area contributed by atoms with E-state index in [1.165, 1.54) is 10.5 Å². The maximum Gasteiger partial charge on any atom is 0.234 e. The van der Waals surface area contributed by atoms with Crippen LogP contribution in [0, 0.1) is 6.92 Å². The number of rotatable bonds is 5. The van der Waals surface area contributed by atoms with Crippen LogP contribution < -0.4 is 11.5 Å². The number of nitrogens with two attached hydrogens (primary N) is 2. The molecular weight excluding hydrogens is 208 g/mol. The predicted molar refractivity (Wildman–Crippen MR) is 63.7 cm³/mol. The Bertz CT molecular complexity index is 341. The minimum Gasteiger partial charge on any atom is -0.368 e. The second-order valence-electron chi connectivity index (χ2n) is 3.41. The molecule has 1 rings (SSSR count). The third-order valence-electron chi connectivity index (χ3n) is 2.15. The summed E-state index contributed by atoms with van der Waals surface area (Å²) in [7, 11) is 0. The number of carbonyl (C=O) groups is 1. The number of amides is 1. The normalized spacial score (nSPS) is 12.4. The van der Waals surface area contributed by atoms with Crippen LogP contribution >= 0.6 is 11.8 Å². The first kappa shape index (κ1) is 12.1. The molecule has 0 heterocycles. The van der Waals surface area contributed by atoms with Crippen molar-refractivity contribution in [3.8, 4) is 0 Å². The molecule has 0 spiro atoms. The molecule has 1 unspecified atom stereocenters. The summed E-state index contributed by atoms with van der Waals surface area (Å²) in [6, 6.07) is 7.62. The summed E-state index contributed by atoms with van der Waals surface area (Å²) in [5.41, 5.74) is 11.8. The third-order valence-corrected chi connectivity index (χ3v) is 3.35. The van der Waals surface area contributed by atoms with E-state index in [0.717, 1.165) is 5.75 Å². The molecule has 1 aromatic carbocycles. The summed E-state index contributed by atoms with van der Waals surface area (Å²) < 4.78 is 0. The van der Waals surface area contributed by atoms with Crippen molar-refractivity contribution in [1.82, 2.24) is 0 Å². The SMILES string of the molecule is Cc1ccccc1SCCC(N)C(N)=O. The maximum atomic E-state index is 10.7. The highest BCUT2D eigenvalue weighted by molar-refractivity contribution is 7.99. The van der Waals surface area contributed by atoms with Gasteiger partial charge in [0.25, 0.3) is 0 Å². The molecular formula is C11H16N2OS. The van der Waals surface area contributed by atoms with Crippen LogP contribution in [-0.4, -0.2) is 17.7 Å². The molecule has 0 bridgehead atoms. The Morgan fingerprint density at radius 3 is 2.73 bits per heavy atom. The monoisotopic (exact) mass is 224 g/mol. The van der Waals surface area contributed by atoms with E-state index in [2.05, 4.69) is 19.1 Å². The van der Waals surface area contributed by atoms with E-state index in [4.69, 9.17) is 11.5 Å². The highest BCUT2D eigenvalue weighted by Crippen LogP contribution is 2.22. The van der Waals surface area contributed by atoms with Gasteiger partial charge in [0.1, 0.15) is 0 Å². The summed E-state index contributed by atoms with van der Waals surface area (Å²) in [6.07, 6.45) is 0.619. The van der Waals surface area contributed by atoms with Gasteiger partial charge in [-0.2, -0.15) is 0 Å². The lowest BCUT2D eigenvalue weighted by atomic mass is 10.2. The van der Waals surface area contributed by atoms with E-state index < -0.39 is 11.9 Å². The van der Waals surface area contributed by atoms with Gasteiger partial charge in [0.15, 0.2) is 0 Å². The fourth-order valence-corrected chi connectivity index (χ4v) is 2.22. The number of aryl methyl sites for hydroxylation is 1. The summed E-state index contributed by atoms with van der Waals surface area (Å²) in [5.74, 6) is 0.384. The quantitative estimate of drug-likeness (QED) is 0.740. The van der Waals surface area contributed by atoms with Crippen LogP contribution in [0.15, 0.2) is 29.2 Å². The first-order chi connectivity index (χ1) is 7.11. The van der Waals surface area contributed by atoms with Crippen LogP contribution in [0.1, 0.15) is 12.0 Å². The van der Waals surface area contributed by atoms with Crippen molar-refractivity contribution in [3.63, 3.8) is 0 Å². The Hall–Kier alpha value is -1.00. The predicted octanol–water partition coefficient (Wildman–Crippen LogP) is 1.29. The number of hydrogen-bond acceptors (Lipinski definition) is 3.